The van der Waals surface area contributed by atoms with Gasteiger partial charge in [-0.15, -0.1) is 0 Å². The third-order valence-electron chi connectivity index (χ3n) is 4.56. The number of hydrogen-bond donors (Lipinski definition) is 1. The minimum atomic E-state index is -0.387. The number of fused-ring (bicyclic) bond motifs is 1. The summed E-state index contributed by atoms with van der Waals surface area (Å²) in [6, 6.07) is 21.5. The van der Waals surface area contributed by atoms with Crippen LogP contribution in [0.15, 0.2) is 79.1 Å². The highest BCUT2D eigenvalue weighted by molar-refractivity contribution is 5.94. The molecule has 0 unspecified atom stereocenters. The molecule has 0 aliphatic heterocycles. The highest BCUT2D eigenvalue weighted by Gasteiger charge is 2.08. The van der Waals surface area contributed by atoms with Crippen LogP contribution in [0.4, 0.5) is 4.39 Å². The van der Waals surface area contributed by atoms with Crippen LogP contribution in [0, 0.1) is 5.82 Å². The van der Waals surface area contributed by atoms with Gasteiger partial charge >= 0.3 is 0 Å². The van der Waals surface area contributed by atoms with Gasteiger partial charge in [-0.05, 0) is 55.0 Å². The molecule has 29 heavy (non-hydrogen) atoms. The minimum Gasteiger partial charge on any atom is -0.490 e. The lowest BCUT2D eigenvalue weighted by molar-refractivity contribution is 0.0951. The van der Waals surface area contributed by atoms with E-state index in [0.717, 1.165) is 16.7 Å². The van der Waals surface area contributed by atoms with Gasteiger partial charge in [0.1, 0.15) is 6.33 Å². The lowest BCUT2D eigenvalue weighted by atomic mass is 10.2. The number of nitrogens with zero attached hydrogens (tertiary/aromatic N) is 2. The van der Waals surface area contributed by atoms with Crippen molar-refractivity contribution < 1.29 is 13.9 Å². The van der Waals surface area contributed by atoms with Crippen LogP contribution >= 0.6 is 0 Å². The van der Waals surface area contributed by atoms with Crippen molar-refractivity contribution in [1.29, 1.82) is 0 Å². The first kappa shape index (κ1) is 18.7. The Morgan fingerprint density at radius 3 is 2.59 bits per heavy atom. The van der Waals surface area contributed by atoms with E-state index in [9.17, 15) is 9.18 Å². The molecule has 1 amide bonds. The van der Waals surface area contributed by atoms with E-state index in [2.05, 4.69) is 10.3 Å². The van der Waals surface area contributed by atoms with Crippen LogP contribution in [0.3, 0.4) is 0 Å². The van der Waals surface area contributed by atoms with E-state index in [-0.39, 0.29) is 17.5 Å². The van der Waals surface area contributed by atoms with E-state index in [1.165, 1.54) is 6.07 Å². The molecule has 5 nitrogen and oxygen atoms in total. The molecule has 146 valence electrons. The number of benzene rings is 3. The molecule has 0 radical (unpaired) electrons. The van der Waals surface area contributed by atoms with Crippen molar-refractivity contribution in [2.75, 3.05) is 13.2 Å². The highest BCUT2D eigenvalue weighted by atomic mass is 19.1. The standard InChI is InChI=1S/C23H20FN3O2/c24-19-6-1-4-9-22(19)29-15-5-14-25-23(28)17-10-12-18(13-11-17)27-16-26-20-7-2-3-8-21(20)27/h1-4,6-13,16H,5,14-15H2,(H,25,28). The molecule has 1 aromatic heterocycles. The summed E-state index contributed by atoms with van der Waals surface area (Å²) in [5, 5.41) is 2.85. The summed E-state index contributed by atoms with van der Waals surface area (Å²) in [7, 11) is 0. The number of amides is 1. The Labute approximate surface area is 167 Å². The van der Waals surface area contributed by atoms with Gasteiger partial charge in [0.25, 0.3) is 5.91 Å². The van der Waals surface area contributed by atoms with E-state index < -0.39 is 0 Å². The first-order valence-corrected chi connectivity index (χ1v) is 9.40. The molecule has 6 heteroatoms. The van der Waals surface area contributed by atoms with Crippen molar-refractivity contribution in [3.05, 3.63) is 90.5 Å². The van der Waals surface area contributed by atoms with Crippen molar-refractivity contribution >= 4 is 16.9 Å². The van der Waals surface area contributed by atoms with Crippen LogP contribution in [-0.2, 0) is 0 Å². The second-order valence-corrected chi connectivity index (χ2v) is 6.54. The number of carbonyl (C=O) groups is 1. The zero-order valence-electron chi connectivity index (χ0n) is 15.7. The molecule has 0 bridgehead atoms. The Morgan fingerprint density at radius 1 is 1.00 bits per heavy atom. The van der Waals surface area contributed by atoms with Gasteiger partial charge in [0.2, 0.25) is 0 Å². The Hall–Kier alpha value is -3.67. The lowest BCUT2D eigenvalue weighted by Gasteiger charge is -2.09. The molecule has 0 spiro atoms. The average molecular weight is 389 g/mol. The normalized spacial score (nSPS) is 10.8. The number of rotatable bonds is 7. The van der Waals surface area contributed by atoms with Gasteiger partial charge in [-0.3, -0.25) is 9.36 Å². The summed E-state index contributed by atoms with van der Waals surface area (Å²) in [5.41, 5.74) is 3.45. The van der Waals surface area contributed by atoms with E-state index in [1.54, 1.807) is 36.7 Å². The van der Waals surface area contributed by atoms with Gasteiger partial charge < -0.3 is 10.1 Å². The quantitative estimate of drug-likeness (QED) is 0.478. The van der Waals surface area contributed by atoms with Crippen molar-refractivity contribution in [3.63, 3.8) is 0 Å². The number of imidazole rings is 1. The Bertz CT molecular complexity index is 1120. The second-order valence-electron chi connectivity index (χ2n) is 6.54. The molecular weight excluding hydrogens is 369 g/mol. The SMILES string of the molecule is O=C(NCCCOc1ccccc1F)c1ccc(-n2cnc3ccccc32)cc1. The molecule has 0 saturated heterocycles. The maximum Gasteiger partial charge on any atom is 0.251 e. The summed E-state index contributed by atoms with van der Waals surface area (Å²) in [6.45, 7) is 0.773. The minimum absolute atomic E-state index is 0.155. The Morgan fingerprint density at radius 2 is 1.76 bits per heavy atom. The number of aromatic nitrogens is 2. The average Bonchev–Trinajstić information content (AvgIpc) is 3.19. The summed E-state index contributed by atoms with van der Waals surface area (Å²) in [6.07, 6.45) is 2.36. The fourth-order valence-corrected chi connectivity index (χ4v) is 3.06. The van der Waals surface area contributed by atoms with Gasteiger partial charge in [-0.1, -0.05) is 24.3 Å². The molecule has 4 aromatic rings. The highest BCUT2D eigenvalue weighted by Crippen LogP contribution is 2.18. The van der Waals surface area contributed by atoms with Gasteiger partial charge in [0, 0.05) is 17.8 Å². The maximum absolute atomic E-state index is 13.5. The van der Waals surface area contributed by atoms with Gasteiger partial charge in [0.15, 0.2) is 11.6 Å². The summed E-state index contributed by atoms with van der Waals surface area (Å²) < 4.78 is 20.8. The van der Waals surface area contributed by atoms with Crippen LogP contribution in [0.2, 0.25) is 0 Å². The lowest BCUT2D eigenvalue weighted by Crippen LogP contribution is -2.25. The van der Waals surface area contributed by atoms with Gasteiger partial charge in [-0.25, -0.2) is 9.37 Å². The molecule has 0 aliphatic rings. The molecule has 0 aliphatic carbocycles. The molecule has 1 N–H and O–H groups in total. The van der Waals surface area contributed by atoms with Crippen molar-refractivity contribution in [2.45, 2.75) is 6.42 Å². The fourth-order valence-electron chi connectivity index (χ4n) is 3.06. The molecular formula is C23H20FN3O2. The molecule has 3 aromatic carbocycles. The third-order valence-corrected chi connectivity index (χ3v) is 4.56. The zero-order chi connectivity index (χ0) is 20.1. The smallest absolute Gasteiger partial charge is 0.251 e. The summed E-state index contributed by atoms with van der Waals surface area (Å²) >= 11 is 0. The molecule has 0 fully saturated rings. The van der Waals surface area contributed by atoms with Crippen molar-refractivity contribution in [3.8, 4) is 11.4 Å². The van der Waals surface area contributed by atoms with Crippen LogP contribution < -0.4 is 10.1 Å². The maximum atomic E-state index is 13.5. The summed E-state index contributed by atoms with van der Waals surface area (Å²) in [4.78, 5) is 16.7. The van der Waals surface area contributed by atoms with E-state index >= 15 is 0 Å². The number of carbonyl (C=O) groups excluding carboxylic acids is 1. The summed E-state index contributed by atoms with van der Waals surface area (Å²) in [5.74, 6) is -0.318. The molecule has 0 saturated carbocycles. The number of nitrogens with one attached hydrogen (secondary N) is 1. The predicted molar refractivity (Wildman–Crippen MR) is 110 cm³/mol. The number of hydrogen-bond acceptors (Lipinski definition) is 3. The number of para-hydroxylation sites is 3. The second kappa shape index (κ2) is 8.56. The van der Waals surface area contributed by atoms with Gasteiger partial charge in [0.05, 0.1) is 17.6 Å². The van der Waals surface area contributed by atoms with Crippen LogP contribution in [0.25, 0.3) is 16.7 Å². The predicted octanol–water partition coefficient (Wildman–Crippen LogP) is 4.36. The first-order valence-electron chi connectivity index (χ1n) is 9.40. The van der Waals surface area contributed by atoms with Gasteiger partial charge in [-0.2, -0.15) is 0 Å². The fraction of sp³-hybridized carbons (Fsp3) is 0.130. The van der Waals surface area contributed by atoms with Crippen molar-refractivity contribution in [2.24, 2.45) is 0 Å². The topological polar surface area (TPSA) is 56.1 Å². The number of ether oxygens (including phenoxy) is 1. The largest absolute Gasteiger partial charge is 0.490 e. The van der Waals surface area contributed by atoms with E-state index in [0.29, 0.717) is 25.1 Å². The molecule has 1 heterocycles. The van der Waals surface area contributed by atoms with Crippen LogP contribution in [0.1, 0.15) is 16.8 Å². The van der Waals surface area contributed by atoms with Crippen LogP contribution in [-0.4, -0.2) is 28.6 Å². The monoisotopic (exact) mass is 389 g/mol. The van der Waals surface area contributed by atoms with E-state index in [4.69, 9.17) is 4.74 Å². The zero-order valence-corrected chi connectivity index (χ0v) is 15.7. The Kier molecular flexibility index (Phi) is 5.52. The third kappa shape index (κ3) is 4.27. The molecule has 0 atom stereocenters. The first-order chi connectivity index (χ1) is 14.2. The van der Waals surface area contributed by atoms with Crippen LogP contribution in [0.5, 0.6) is 5.75 Å². The van der Waals surface area contributed by atoms with Crippen molar-refractivity contribution in [1.82, 2.24) is 14.9 Å². The number of halogens is 1. The Balaban J connectivity index is 1.30. The molecule has 4 rings (SSSR count). The van der Waals surface area contributed by atoms with E-state index in [1.807, 2.05) is 41.0 Å².